The Labute approximate surface area is 95.7 Å². The predicted molar refractivity (Wildman–Crippen MR) is 62.8 cm³/mol. The topological polar surface area (TPSA) is 72.1 Å². The molecule has 0 saturated heterocycles. The monoisotopic (exact) mass is 222 g/mol. The largest absolute Gasteiger partial charge is 0.382 e. The van der Waals surface area contributed by atoms with Crippen molar-refractivity contribution in [2.75, 3.05) is 12.8 Å². The van der Waals surface area contributed by atoms with Gasteiger partial charge < -0.3 is 10.6 Å². The highest BCUT2D eigenvalue weighted by molar-refractivity contribution is 5.92. The molecule has 0 bridgehead atoms. The summed E-state index contributed by atoms with van der Waals surface area (Å²) in [5, 5.41) is 0. The standard InChI is InChI=1S/C11H18N4O/c1-7(2)8(3)15(4)11(16)9-5-14-10(12)6-13-9/h5-8H,1-4H3,(H2,12,14). The molecule has 1 heterocycles. The molecule has 0 radical (unpaired) electrons. The van der Waals surface area contributed by atoms with Gasteiger partial charge in [-0.3, -0.25) is 4.79 Å². The van der Waals surface area contributed by atoms with Crippen molar-refractivity contribution in [3.05, 3.63) is 18.1 Å². The van der Waals surface area contributed by atoms with E-state index < -0.39 is 0 Å². The SMILES string of the molecule is CC(C)C(C)N(C)C(=O)c1cnc(N)cn1. The van der Waals surface area contributed by atoms with Crippen LogP contribution < -0.4 is 5.73 Å². The summed E-state index contributed by atoms with van der Waals surface area (Å²) >= 11 is 0. The van der Waals surface area contributed by atoms with Crippen molar-refractivity contribution in [3.8, 4) is 0 Å². The second-order valence-corrected chi connectivity index (χ2v) is 4.23. The molecule has 0 spiro atoms. The minimum absolute atomic E-state index is 0.131. The fourth-order valence-electron chi connectivity index (χ4n) is 1.26. The molecule has 0 fully saturated rings. The number of hydrogen-bond acceptors (Lipinski definition) is 4. The Morgan fingerprint density at radius 1 is 1.31 bits per heavy atom. The fraction of sp³-hybridized carbons (Fsp3) is 0.545. The number of rotatable bonds is 3. The van der Waals surface area contributed by atoms with Gasteiger partial charge in [0.05, 0.1) is 12.4 Å². The number of hydrogen-bond donors (Lipinski definition) is 1. The lowest BCUT2D eigenvalue weighted by atomic mass is 10.1. The molecule has 0 aliphatic carbocycles. The van der Waals surface area contributed by atoms with Crippen LogP contribution in [0.5, 0.6) is 0 Å². The summed E-state index contributed by atoms with van der Waals surface area (Å²) in [4.78, 5) is 21.5. The molecule has 1 atom stereocenters. The Hall–Kier alpha value is -1.65. The summed E-state index contributed by atoms with van der Waals surface area (Å²) < 4.78 is 0. The molecule has 2 N–H and O–H groups in total. The molecule has 5 heteroatoms. The highest BCUT2D eigenvalue weighted by Gasteiger charge is 2.20. The number of anilines is 1. The molecule has 1 rings (SSSR count). The van der Waals surface area contributed by atoms with Crippen molar-refractivity contribution < 1.29 is 4.79 Å². The predicted octanol–water partition coefficient (Wildman–Crippen LogP) is 1.18. The molecular formula is C11H18N4O. The van der Waals surface area contributed by atoms with E-state index in [1.54, 1.807) is 11.9 Å². The maximum atomic E-state index is 12.0. The molecule has 0 saturated carbocycles. The summed E-state index contributed by atoms with van der Waals surface area (Å²) in [6, 6.07) is 0.159. The summed E-state index contributed by atoms with van der Waals surface area (Å²) in [5.74, 6) is 0.584. The normalized spacial score (nSPS) is 12.6. The highest BCUT2D eigenvalue weighted by atomic mass is 16.2. The Kier molecular flexibility index (Phi) is 3.82. The van der Waals surface area contributed by atoms with E-state index in [0.717, 1.165) is 0 Å². The lowest BCUT2D eigenvalue weighted by Crippen LogP contribution is -2.38. The van der Waals surface area contributed by atoms with Crippen LogP contribution in [0.1, 0.15) is 31.3 Å². The molecule has 1 amide bonds. The van der Waals surface area contributed by atoms with Gasteiger partial charge in [-0.15, -0.1) is 0 Å². The zero-order valence-corrected chi connectivity index (χ0v) is 10.1. The lowest BCUT2D eigenvalue weighted by molar-refractivity contribution is 0.0700. The molecular weight excluding hydrogens is 204 g/mol. The van der Waals surface area contributed by atoms with E-state index in [0.29, 0.717) is 17.4 Å². The first-order valence-electron chi connectivity index (χ1n) is 5.28. The first-order chi connectivity index (χ1) is 7.43. The van der Waals surface area contributed by atoms with Crippen LogP contribution in [-0.2, 0) is 0 Å². The molecule has 5 nitrogen and oxygen atoms in total. The van der Waals surface area contributed by atoms with Crippen LogP contribution in [0.25, 0.3) is 0 Å². The zero-order chi connectivity index (χ0) is 12.3. The Balaban J connectivity index is 2.82. The molecule has 0 aliphatic rings. The van der Waals surface area contributed by atoms with E-state index in [1.807, 2.05) is 6.92 Å². The van der Waals surface area contributed by atoms with Gasteiger partial charge in [-0.2, -0.15) is 0 Å². The van der Waals surface area contributed by atoms with Crippen LogP contribution in [0.2, 0.25) is 0 Å². The van der Waals surface area contributed by atoms with Crippen molar-refractivity contribution >= 4 is 11.7 Å². The molecule has 0 aromatic carbocycles. The summed E-state index contributed by atoms with van der Waals surface area (Å²) in [6.45, 7) is 6.15. The molecule has 0 aliphatic heterocycles. The van der Waals surface area contributed by atoms with E-state index in [1.165, 1.54) is 12.4 Å². The van der Waals surface area contributed by atoms with Crippen LogP contribution in [0.4, 0.5) is 5.82 Å². The third-order valence-electron chi connectivity index (χ3n) is 2.79. The van der Waals surface area contributed by atoms with Gasteiger partial charge in [-0.05, 0) is 12.8 Å². The molecule has 1 aromatic heterocycles. The van der Waals surface area contributed by atoms with Crippen LogP contribution in [0, 0.1) is 5.92 Å². The first-order valence-corrected chi connectivity index (χ1v) is 5.28. The zero-order valence-electron chi connectivity index (χ0n) is 10.1. The third-order valence-corrected chi connectivity index (χ3v) is 2.79. The minimum atomic E-state index is -0.131. The molecule has 1 aromatic rings. The summed E-state index contributed by atoms with van der Waals surface area (Å²) in [6.07, 6.45) is 2.79. The van der Waals surface area contributed by atoms with Gasteiger partial charge >= 0.3 is 0 Å². The van der Waals surface area contributed by atoms with Crippen molar-refractivity contribution in [1.82, 2.24) is 14.9 Å². The second-order valence-electron chi connectivity index (χ2n) is 4.23. The van der Waals surface area contributed by atoms with E-state index in [9.17, 15) is 4.79 Å². The van der Waals surface area contributed by atoms with Gasteiger partial charge in [0.2, 0.25) is 0 Å². The van der Waals surface area contributed by atoms with Crippen LogP contribution in [0.15, 0.2) is 12.4 Å². The van der Waals surface area contributed by atoms with Crippen LogP contribution in [0.3, 0.4) is 0 Å². The lowest BCUT2D eigenvalue weighted by Gasteiger charge is -2.27. The number of carbonyl (C=O) groups excluding carboxylic acids is 1. The maximum absolute atomic E-state index is 12.0. The number of nitrogens with two attached hydrogens (primary N) is 1. The summed E-state index contributed by atoms with van der Waals surface area (Å²) in [5.41, 5.74) is 5.74. The van der Waals surface area contributed by atoms with E-state index in [4.69, 9.17) is 5.73 Å². The van der Waals surface area contributed by atoms with E-state index in [-0.39, 0.29) is 11.9 Å². The van der Waals surface area contributed by atoms with Gasteiger partial charge in [0.15, 0.2) is 0 Å². The Bertz CT molecular complexity index is 361. The Morgan fingerprint density at radius 3 is 2.38 bits per heavy atom. The molecule has 1 unspecified atom stereocenters. The number of nitrogens with zero attached hydrogens (tertiary/aromatic N) is 3. The number of nitrogen functional groups attached to an aromatic ring is 1. The average molecular weight is 222 g/mol. The average Bonchev–Trinajstić information content (AvgIpc) is 2.27. The third kappa shape index (κ3) is 2.68. The van der Waals surface area contributed by atoms with Crippen molar-refractivity contribution in [3.63, 3.8) is 0 Å². The Morgan fingerprint density at radius 2 is 1.94 bits per heavy atom. The van der Waals surface area contributed by atoms with Gasteiger partial charge in [-0.25, -0.2) is 9.97 Å². The van der Waals surface area contributed by atoms with Crippen LogP contribution >= 0.6 is 0 Å². The van der Waals surface area contributed by atoms with Gasteiger partial charge in [0.25, 0.3) is 5.91 Å². The second kappa shape index (κ2) is 4.92. The van der Waals surface area contributed by atoms with Gasteiger partial charge in [0, 0.05) is 13.1 Å². The first kappa shape index (κ1) is 12.4. The van der Waals surface area contributed by atoms with E-state index >= 15 is 0 Å². The fourth-order valence-corrected chi connectivity index (χ4v) is 1.26. The van der Waals surface area contributed by atoms with Crippen LogP contribution in [-0.4, -0.2) is 33.9 Å². The molecule has 88 valence electrons. The van der Waals surface area contributed by atoms with Crippen molar-refractivity contribution in [2.24, 2.45) is 5.92 Å². The highest BCUT2D eigenvalue weighted by Crippen LogP contribution is 2.11. The summed E-state index contributed by atoms with van der Waals surface area (Å²) in [7, 11) is 1.77. The van der Waals surface area contributed by atoms with Crippen molar-refractivity contribution in [2.45, 2.75) is 26.8 Å². The smallest absolute Gasteiger partial charge is 0.274 e. The quantitative estimate of drug-likeness (QED) is 0.833. The number of amides is 1. The maximum Gasteiger partial charge on any atom is 0.274 e. The molecule has 16 heavy (non-hydrogen) atoms. The van der Waals surface area contributed by atoms with Gasteiger partial charge in [-0.1, -0.05) is 13.8 Å². The number of carbonyl (C=O) groups is 1. The van der Waals surface area contributed by atoms with Gasteiger partial charge in [0.1, 0.15) is 11.5 Å². The number of aromatic nitrogens is 2. The van der Waals surface area contributed by atoms with Crippen molar-refractivity contribution in [1.29, 1.82) is 0 Å². The minimum Gasteiger partial charge on any atom is -0.382 e. The van der Waals surface area contributed by atoms with E-state index in [2.05, 4.69) is 23.8 Å².